The lowest BCUT2D eigenvalue weighted by molar-refractivity contribution is -0.132. The number of carbonyl (C=O) groups is 1. The molecule has 2 N–H and O–H groups in total. The Hall–Kier alpha value is -0.410. The molecule has 0 aromatic heterocycles. The normalized spacial score (nSPS) is 17.0. The third-order valence-electron chi connectivity index (χ3n) is 1.42. The molecular weight excluding hydrogens is 132 g/mol. The fraction of sp³-hybridized carbons (Fsp3) is 0.857. The molecule has 3 nitrogen and oxygen atoms in total. The van der Waals surface area contributed by atoms with E-state index in [1.54, 1.807) is 13.8 Å². The average molecular weight is 146 g/mol. The van der Waals surface area contributed by atoms with E-state index in [0.717, 1.165) is 0 Å². The van der Waals surface area contributed by atoms with Crippen molar-refractivity contribution in [1.29, 1.82) is 0 Å². The minimum Gasteiger partial charge on any atom is -0.390 e. The molecule has 3 heteroatoms. The Kier molecular flexibility index (Phi) is 3.53. The highest BCUT2D eigenvalue weighted by atomic mass is 16.3. The van der Waals surface area contributed by atoms with E-state index in [1.165, 1.54) is 6.92 Å². The molecule has 0 amide bonds. The molecule has 0 saturated heterocycles. The lowest BCUT2D eigenvalue weighted by atomic mass is 10.00. The fourth-order valence-electron chi connectivity index (χ4n) is 0.605. The largest absolute Gasteiger partial charge is 0.390 e. The Morgan fingerprint density at radius 2 is 1.70 bits per heavy atom. The first-order valence-electron chi connectivity index (χ1n) is 3.33. The number of hydrogen-bond donors (Lipinski definition) is 2. The van der Waals surface area contributed by atoms with E-state index in [9.17, 15) is 4.79 Å². The van der Waals surface area contributed by atoms with Crippen molar-refractivity contribution < 1.29 is 15.0 Å². The van der Waals surface area contributed by atoms with E-state index in [0.29, 0.717) is 0 Å². The van der Waals surface area contributed by atoms with Crippen LogP contribution in [-0.4, -0.2) is 28.2 Å². The smallest absolute Gasteiger partial charge is 0.160 e. The molecule has 0 rings (SSSR count). The third kappa shape index (κ3) is 2.45. The Balaban J connectivity index is 3.94. The molecule has 0 aliphatic carbocycles. The molecule has 0 fully saturated rings. The van der Waals surface area contributed by atoms with E-state index < -0.39 is 12.2 Å². The monoisotopic (exact) mass is 146 g/mol. The molecule has 0 aliphatic rings. The van der Waals surface area contributed by atoms with E-state index in [2.05, 4.69) is 0 Å². The molecule has 2 atom stereocenters. The number of carbonyl (C=O) groups excluding carboxylic acids is 1. The predicted octanol–water partition coefficient (Wildman–Crippen LogP) is -0.0468. The average Bonchev–Trinajstić information content (AvgIpc) is 1.84. The van der Waals surface area contributed by atoms with Crippen molar-refractivity contribution >= 4 is 5.78 Å². The Labute approximate surface area is 60.7 Å². The Bertz CT molecular complexity index is 120. The lowest BCUT2D eigenvalue weighted by Gasteiger charge is -2.17. The number of Topliss-reactive ketones (excluding diaryl/α,β-unsaturated/α-hetero) is 1. The highest BCUT2D eigenvalue weighted by molar-refractivity contribution is 5.80. The van der Waals surface area contributed by atoms with Crippen LogP contribution in [0, 0.1) is 5.92 Å². The van der Waals surface area contributed by atoms with Crippen LogP contribution in [0.5, 0.6) is 0 Å². The summed E-state index contributed by atoms with van der Waals surface area (Å²) in [5, 5.41) is 18.1. The van der Waals surface area contributed by atoms with E-state index in [-0.39, 0.29) is 11.7 Å². The van der Waals surface area contributed by atoms with Crippen LogP contribution in [0.3, 0.4) is 0 Å². The molecule has 60 valence electrons. The van der Waals surface area contributed by atoms with Crippen molar-refractivity contribution in [2.45, 2.75) is 33.0 Å². The molecule has 0 aromatic carbocycles. The summed E-state index contributed by atoms with van der Waals surface area (Å²) in [6, 6.07) is 0. The maximum absolute atomic E-state index is 10.5. The van der Waals surface area contributed by atoms with Gasteiger partial charge in [0.15, 0.2) is 5.78 Å². The van der Waals surface area contributed by atoms with E-state index in [1.807, 2.05) is 0 Å². The van der Waals surface area contributed by atoms with Crippen LogP contribution in [0.25, 0.3) is 0 Å². The van der Waals surface area contributed by atoms with Crippen LogP contribution in [0.1, 0.15) is 20.8 Å². The van der Waals surface area contributed by atoms with Gasteiger partial charge in [0, 0.05) is 0 Å². The van der Waals surface area contributed by atoms with Gasteiger partial charge in [-0.15, -0.1) is 0 Å². The fourth-order valence-corrected chi connectivity index (χ4v) is 0.605. The van der Waals surface area contributed by atoms with Crippen molar-refractivity contribution in [2.24, 2.45) is 5.92 Å². The third-order valence-corrected chi connectivity index (χ3v) is 1.42. The van der Waals surface area contributed by atoms with Gasteiger partial charge in [-0.1, -0.05) is 13.8 Å². The molecular formula is C7H14O3. The summed E-state index contributed by atoms with van der Waals surface area (Å²) >= 11 is 0. The standard InChI is InChI=1S/C7H14O3/c1-4(2)6(9)7(10)5(3)8/h4,6-7,9-10H,1-3H3/t6?,7-/m1/s1. The predicted molar refractivity (Wildman–Crippen MR) is 37.5 cm³/mol. The van der Waals surface area contributed by atoms with Gasteiger partial charge in [0.05, 0.1) is 6.10 Å². The molecule has 0 radical (unpaired) electrons. The van der Waals surface area contributed by atoms with Crippen molar-refractivity contribution in [1.82, 2.24) is 0 Å². The maximum Gasteiger partial charge on any atom is 0.160 e. The van der Waals surface area contributed by atoms with Crippen LogP contribution in [0.4, 0.5) is 0 Å². The molecule has 0 saturated carbocycles. The van der Waals surface area contributed by atoms with Crippen LogP contribution in [0.15, 0.2) is 0 Å². The summed E-state index contributed by atoms with van der Waals surface area (Å²) in [5.41, 5.74) is 0. The second kappa shape index (κ2) is 3.68. The van der Waals surface area contributed by atoms with E-state index >= 15 is 0 Å². The van der Waals surface area contributed by atoms with Crippen molar-refractivity contribution in [3.8, 4) is 0 Å². The molecule has 0 heterocycles. The number of aliphatic hydroxyl groups is 2. The van der Waals surface area contributed by atoms with Crippen molar-refractivity contribution in [2.75, 3.05) is 0 Å². The first-order chi connectivity index (χ1) is 4.46. The SMILES string of the molecule is CC(=O)[C@@H](O)C(O)C(C)C. The van der Waals surface area contributed by atoms with Gasteiger partial charge in [0.2, 0.25) is 0 Å². The van der Waals surface area contributed by atoms with Crippen LogP contribution < -0.4 is 0 Å². The van der Waals surface area contributed by atoms with Gasteiger partial charge in [-0.2, -0.15) is 0 Å². The highest BCUT2D eigenvalue weighted by Gasteiger charge is 2.22. The first-order valence-corrected chi connectivity index (χ1v) is 3.33. The molecule has 0 bridgehead atoms. The number of rotatable bonds is 3. The molecule has 0 aromatic rings. The van der Waals surface area contributed by atoms with Gasteiger partial charge in [-0.05, 0) is 12.8 Å². The molecule has 0 aliphatic heterocycles. The second-order valence-corrected chi connectivity index (χ2v) is 2.79. The van der Waals surface area contributed by atoms with Crippen molar-refractivity contribution in [3.63, 3.8) is 0 Å². The molecule has 10 heavy (non-hydrogen) atoms. The second-order valence-electron chi connectivity index (χ2n) is 2.79. The zero-order valence-corrected chi connectivity index (χ0v) is 6.53. The summed E-state index contributed by atoms with van der Waals surface area (Å²) in [6.45, 7) is 4.75. The minimum absolute atomic E-state index is 0.0844. The van der Waals surface area contributed by atoms with Gasteiger partial charge in [0.1, 0.15) is 6.10 Å². The van der Waals surface area contributed by atoms with Gasteiger partial charge in [-0.25, -0.2) is 0 Å². The molecule has 1 unspecified atom stereocenters. The summed E-state index contributed by atoms with van der Waals surface area (Å²) in [4.78, 5) is 10.5. The topological polar surface area (TPSA) is 57.5 Å². The van der Waals surface area contributed by atoms with Gasteiger partial charge in [-0.3, -0.25) is 4.79 Å². The number of aliphatic hydroxyl groups excluding tert-OH is 2. The lowest BCUT2D eigenvalue weighted by Crippen LogP contribution is -2.35. The van der Waals surface area contributed by atoms with E-state index in [4.69, 9.17) is 10.2 Å². The van der Waals surface area contributed by atoms with Gasteiger partial charge < -0.3 is 10.2 Å². The summed E-state index contributed by atoms with van der Waals surface area (Å²) in [6.07, 6.45) is -2.16. The summed E-state index contributed by atoms with van der Waals surface area (Å²) < 4.78 is 0. The first kappa shape index (κ1) is 9.59. The van der Waals surface area contributed by atoms with Crippen LogP contribution in [0.2, 0.25) is 0 Å². The van der Waals surface area contributed by atoms with Crippen LogP contribution in [-0.2, 0) is 4.79 Å². The van der Waals surface area contributed by atoms with Gasteiger partial charge in [0.25, 0.3) is 0 Å². The quantitative estimate of drug-likeness (QED) is 0.587. The minimum atomic E-state index is -1.22. The zero-order valence-electron chi connectivity index (χ0n) is 6.53. The van der Waals surface area contributed by atoms with Crippen LogP contribution >= 0.6 is 0 Å². The summed E-state index contributed by atoms with van der Waals surface area (Å²) in [5.74, 6) is -0.472. The Morgan fingerprint density at radius 3 is 1.80 bits per heavy atom. The van der Waals surface area contributed by atoms with Crippen molar-refractivity contribution in [3.05, 3.63) is 0 Å². The number of ketones is 1. The zero-order chi connectivity index (χ0) is 8.31. The maximum atomic E-state index is 10.5. The summed E-state index contributed by atoms with van der Waals surface area (Å²) in [7, 11) is 0. The highest BCUT2D eigenvalue weighted by Crippen LogP contribution is 2.06. The Morgan fingerprint density at radius 1 is 1.30 bits per heavy atom. The van der Waals surface area contributed by atoms with Gasteiger partial charge >= 0.3 is 0 Å². The molecule has 0 spiro atoms. The number of hydrogen-bond acceptors (Lipinski definition) is 3.